The molecule has 0 spiro atoms. The number of hydrogen-bond donors (Lipinski definition) is 1. The molecule has 5 aliphatic rings. The molecule has 10 heteroatoms. The highest BCUT2D eigenvalue weighted by atomic mass is 16.7. The Morgan fingerprint density at radius 2 is 1.85 bits per heavy atom. The average molecular weight is 644 g/mol. The number of azide groups is 1. The molecule has 10 nitrogen and oxygen atoms in total. The molecule has 7 rings (SSSR count). The quantitative estimate of drug-likeness (QED) is 0.116. The van der Waals surface area contributed by atoms with Gasteiger partial charge in [0.05, 0.1) is 36.2 Å². The van der Waals surface area contributed by atoms with Crippen LogP contribution in [0.1, 0.15) is 94.0 Å². The number of allylic oxidation sites excluding steroid dienone is 1. The van der Waals surface area contributed by atoms with E-state index in [1.807, 2.05) is 19.1 Å². The van der Waals surface area contributed by atoms with Gasteiger partial charge in [-0.3, -0.25) is 0 Å². The molecule has 3 saturated carbocycles. The van der Waals surface area contributed by atoms with Gasteiger partial charge in [-0.2, -0.15) is 0 Å². The topological polar surface area (TPSA) is 144 Å². The standard InChI is InChI=1S/C37H45N3O7/c1-22-30(39-40-38)21-45-34(32(22)47-33(42)23-7-5-4-6-8-23)46-26-13-16-35(2)25(19-26)10-11-29-28(35)14-17-36(3)27(15-18-37(29,36)43)24-9-12-31(41)44-20-24/h4-9,12,19-20,22,26-30,32,34,43H,10-11,13-18,21H2,1-3H3/t22-,26-,27+,28?,29?,30-,32-,34?,35-,36+,37-/m0/s1. The van der Waals surface area contributed by atoms with Gasteiger partial charge < -0.3 is 23.7 Å². The van der Waals surface area contributed by atoms with E-state index in [2.05, 4.69) is 29.9 Å². The fraction of sp³-hybridized carbons (Fsp3) is 0.622. The molecule has 1 aromatic carbocycles. The number of rotatable bonds is 6. The number of benzene rings is 1. The predicted molar refractivity (Wildman–Crippen MR) is 173 cm³/mol. The second-order valence-electron chi connectivity index (χ2n) is 15.0. The third kappa shape index (κ3) is 5.34. The van der Waals surface area contributed by atoms with E-state index in [9.17, 15) is 14.7 Å². The fourth-order valence-corrected chi connectivity index (χ4v) is 10.2. The Morgan fingerprint density at radius 3 is 2.60 bits per heavy atom. The molecule has 1 N–H and O–H groups in total. The molecule has 4 aliphatic carbocycles. The van der Waals surface area contributed by atoms with Crippen molar-refractivity contribution in [2.45, 2.75) is 108 Å². The summed E-state index contributed by atoms with van der Waals surface area (Å²) in [5.74, 6) is -0.0457. The lowest BCUT2D eigenvalue weighted by molar-refractivity contribution is -0.247. The molecule has 2 aromatic rings. The van der Waals surface area contributed by atoms with Gasteiger partial charge >= 0.3 is 11.6 Å². The zero-order chi connectivity index (χ0) is 33.0. The van der Waals surface area contributed by atoms with Gasteiger partial charge in [-0.05, 0) is 104 Å². The van der Waals surface area contributed by atoms with E-state index in [1.165, 1.54) is 11.6 Å². The predicted octanol–water partition coefficient (Wildman–Crippen LogP) is 7.08. The first-order chi connectivity index (χ1) is 22.6. The SMILES string of the molecule is C[C@H]1[C@@H](N=[N+]=[N-])COC(O[C@@H]2C=C3CCC4C(CC[C@]5(C)[C@@H](c6ccc(=O)oc6)CC[C@]45O)[C@@]3(C)CC2)[C@H]1OC(=O)c1ccccc1. The van der Waals surface area contributed by atoms with Crippen molar-refractivity contribution in [2.75, 3.05) is 6.61 Å². The normalized spacial score (nSPS) is 41.0. The van der Waals surface area contributed by atoms with E-state index in [4.69, 9.17) is 24.2 Å². The highest BCUT2D eigenvalue weighted by Crippen LogP contribution is 2.70. The van der Waals surface area contributed by atoms with Crippen LogP contribution < -0.4 is 5.63 Å². The minimum atomic E-state index is -0.792. The molecule has 11 atom stereocenters. The lowest BCUT2D eigenvalue weighted by Crippen LogP contribution is -2.60. The van der Waals surface area contributed by atoms with Gasteiger partial charge in [-0.1, -0.05) is 55.7 Å². The van der Waals surface area contributed by atoms with E-state index >= 15 is 0 Å². The van der Waals surface area contributed by atoms with Crippen LogP contribution in [0.15, 0.2) is 74.7 Å². The summed E-state index contributed by atoms with van der Waals surface area (Å²) in [6, 6.07) is 11.7. The Labute approximate surface area is 275 Å². The molecule has 1 saturated heterocycles. The summed E-state index contributed by atoms with van der Waals surface area (Å²) in [4.78, 5) is 27.7. The van der Waals surface area contributed by atoms with Gasteiger partial charge in [-0.25, -0.2) is 9.59 Å². The molecular formula is C37H45N3O7. The minimum absolute atomic E-state index is 0.0377. The van der Waals surface area contributed by atoms with Crippen LogP contribution in [0.25, 0.3) is 10.4 Å². The Kier molecular flexibility index (Phi) is 8.36. The molecule has 4 fully saturated rings. The highest BCUT2D eigenvalue weighted by Gasteiger charge is 2.66. The molecule has 1 aliphatic heterocycles. The third-order valence-corrected chi connectivity index (χ3v) is 13.0. The molecule has 47 heavy (non-hydrogen) atoms. The van der Waals surface area contributed by atoms with Crippen LogP contribution in [-0.2, 0) is 14.2 Å². The van der Waals surface area contributed by atoms with E-state index in [0.717, 1.165) is 56.9 Å². The van der Waals surface area contributed by atoms with E-state index in [0.29, 0.717) is 11.5 Å². The zero-order valence-corrected chi connectivity index (χ0v) is 27.4. The van der Waals surface area contributed by atoms with Crippen molar-refractivity contribution in [2.24, 2.45) is 33.7 Å². The Hall–Kier alpha value is -3.43. The Bertz CT molecular complexity index is 1620. The summed E-state index contributed by atoms with van der Waals surface area (Å²) in [6.45, 7) is 6.72. The maximum Gasteiger partial charge on any atom is 0.338 e. The summed E-state index contributed by atoms with van der Waals surface area (Å²) in [6.07, 6.45) is 9.27. The van der Waals surface area contributed by atoms with Crippen LogP contribution in [-0.4, -0.2) is 47.8 Å². The molecule has 1 aromatic heterocycles. The van der Waals surface area contributed by atoms with E-state index in [-0.39, 0.29) is 46.9 Å². The number of fused-ring (bicyclic) bond motifs is 5. The van der Waals surface area contributed by atoms with Crippen LogP contribution >= 0.6 is 0 Å². The van der Waals surface area contributed by atoms with E-state index in [1.54, 1.807) is 30.5 Å². The first-order valence-electron chi connectivity index (χ1n) is 17.2. The number of carbonyl (C=O) groups is 1. The minimum Gasteiger partial charge on any atom is -0.453 e. The summed E-state index contributed by atoms with van der Waals surface area (Å²) in [5.41, 5.74) is 10.5. The lowest BCUT2D eigenvalue weighted by atomic mass is 9.45. The molecule has 0 amide bonds. The molecule has 2 heterocycles. The molecule has 0 radical (unpaired) electrons. The van der Waals surface area contributed by atoms with Crippen molar-refractivity contribution in [3.05, 3.63) is 92.4 Å². The van der Waals surface area contributed by atoms with Crippen LogP contribution in [0, 0.1) is 28.6 Å². The highest BCUT2D eigenvalue weighted by molar-refractivity contribution is 5.89. The van der Waals surface area contributed by atoms with Crippen LogP contribution in [0.2, 0.25) is 0 Å². The fourth-order valence-electron chi connectivity index (χ4n) is 10.2. The number of carbonyl (C=O) groups excluding carboxylic acids is 1. The number of hydrogen-bond acceptors (Lipinski definition) is 8. The molecule has 3 unspecified atom stereocenters. The van der Waals surface area contributed by atoms with Crippen molar-refractivity contribution in [1.29, 1.82) is 0 Å². The number of aliphatic hydroxyl groups is 1. The first-order valence-corrected chi connectivity index (χ1v) is 17.2. The van der Waals surface area contributed by atoms with Crippen molar-refractivity contribution in [3.8, 4) is 0 Å². The molecular weight excluding hydrogens is 598 g/mol. The summed E-state index contributed by atoms with van der Waals surface area (Å²) >= 11 is 0. The first kappa shape index (κ1) is 32.1. The number of ether oxygens (including phenoxy) is 3. The van der Waals surface area contributed by atoms with E-state index < -0.39 is 30.0 Å². The number of esters is 1. The van der Waals surface area contributed by atoms with Crippen molar-refractivity contribution in [1.82, 2.24) is 0 Å². The van der Waals surface area contributed by atoms with Crippen LogP contribution in [0.3, 0.4) is 0 Å². The van der Waals surface area contributed by atoms with Gasteiger partial charge in [-0.15, -0.1) is 0 Å². The summed E-state index contributed by atoms with van der Waals surface area (Å²) in [7, 11) is 0. The lowest BCUT2D eigenvalue weighted by Gasteiger charge is -2.62. The summed E-state index contributed by atoms with van der Waals surface area (Å²) in [5, 5.41) is 16.5. The summed E-state index contributed by atoms with van der Waals surface area (Å²) < 4.78 is 23.9. The van der Waals surface area contributed by atoms with Crippen molar-refractivity contribution < 1.29 is 28.5 Å². The van der Waals surface area contributed by atoms with Gasteiger partial charge in [0, 0.05) is 22.3 Å². The Morgan fingerprint density at radius 1 is 1.04 bits per heavy atom. The zero-order valence-electron chi connectivity index (χ0n) is 27.4. The monoisotopic (exact) mass is 643 g/mol. The van der Waals surface area contributed by atoms with Crippen molar-refractivity contribution in [3.63, 3.8) is 0 Å². The molecule has 250 valence electrons. The smallest absolute Gasteiger partial charge is 0.338 e. The maximum absolute atomic E-state index is 13.1. The largest absolute Gasteiger partial charge is 0.453 e. The van der Waals surface area contributed by atoms with Gasteiger partial charge in [0.25, 0.3) is 0 Å². The van der Waals surface area contributed by atoms with Gasteiger partial charge in [0.2, 0.25) is 0 Å². The maximum atomic E-state index is 13.1. The molecule has 0 bridgehead atoms. The third-order valence-electron chi connectivity index (χ3n) is 13.0. The van der Waals surface area contributed by atoms with Crippen molar-refractivity contribution >= 4 is 5.97 Å². The van der Waals surface area contributed by atoms with Gasteiger partial charge in [0.15, 0.2) is 12.4 Å². The van der Waals surface area contributed by atoms with Crippen LogP contribution in [0.4, 0.5) is 0 Å². The second kappa shape index (κ2) is 12.2. The van der Waals surface area contributed by atoms with Gasteiger partial charge in [0.1, 0.15) is 0 Å². The van der Waals surface area contributed by atoms with Crippen LogP contribution in [0.5, 0.6) is 0 Å². The Balaban J connectivity index is 1.09. The number of nitrogens with zero attached hydrogens (tertiary/aromatic N) is 3. The second-order valence-corrected chi connectivity index (χ2v) is 15.0. The average Bonchev–Trinajstić information content (AvgIpc) is 3.35.